The number of carbonyl (C=O) groups is 1. The molecular weight excluding hydrogens is 166 g/mol. The minimum atomic E-state index is -0.447. The van der Waals surface area contributed by atoms with Crippen LogP contribution in [0, 0.1) is 6.92 Å². The Bertz CT molecular complexity index is 321. The van der Waals surface area contributed by atoms with Gasteiger partial charge in [-0.3, -0.25) is 4.79 Å². The van der Waals surface area contributed by atoms with E-state index in [0.717, 1.165) is 5.56 Å². The maximum atomic E-state index is 11.0. The molecule has 0 saturated heterocycles. The van der Waals surface area contributed by atoms with E-state index in [-0.39, 0.29) is 0 Å². The third-order valence-corrected chi connectivity index (χ3v) is 1.85. The Morgan fingerprint density at radius 2 is 2.31 bits per heavy atom. The van der Waals surface area contributed by atoms with E-state index in [1.54, 1.807) is 25.3 Å². The van der Waals surface area contributed by atoms with Crippen LogP contribution in [0.1, 0.15) is 15.9 Å². The van der Waals surface area contributed by atoms with Crippen molar-refractivity contribution in [2.45, 2.75) is 6.42 Å². The first-order valence-electron chi connectivity index (χ1n) is 3.95. The van der Waals surface area contributed by atoms with E-state index in [1.807, 2.05) is 0 Å². The lowest BCUT2D eigenvalue weighted by Gasteiger charge is -2.06. The molecule has 2 N–H and O–H groups in total. The van der Waals surface area contributed by atoms with Crippen LogP contribution < -0.4 is 10.5 Å². The van der Waals surface area contributed by atoms with Crippen molar-refractivity contribution in [3.8, 4) is 5.75 Å². The number of hydrogen-bond acceptors (Lipinski definition) is 2. The van der Waals surface area contributed by atoms with Gasteiger partial charge in [0.15, 0.2) is 0 Å². The lowest BCUT2D eigenvalue weighted by molar-refractivity contribution is 0.0999. The van der Waals surface area contributed by atoms with E-state index in [1.165, 1.54) is 0 Å². The maximum Gasteiger partial charge on any atom is 0.249 e. The number of ether oxygens (including phenoxy) is 1. The SMILES string of the molecule is [CH2]Cc1ccc(OC)cc1C(N)=O. The molecule has 0 aliphatic rings. The van der Waals surface area contributed by atoms with Gasteiger partial charge in [-0.15, -0.1) is 0 Å². The van der Waals surface area contributed by atoms with Gasteiger partial charge in [0.2, 0.25) is 5.91 Å². The van der Waals surface area contributed by atoms with E-state index >= 15 is 0 Å². The van der Waals surface area contributed by atoms with Gasteiger partial charge in [-0.2, -0.15) is 0 Å². The average molecular weight is 178 g/mol. The largest absolute Gasteiger partial charge is 0.497 e. The molecular formula is C10H12NO2. The second-order valence-corrected chi connectivity index (χ2v) is 2.64. The van der Waals surface area contributed by atoms with Crippen LogP contribution in [0.4, 0.5) is 0 Å². The number of benzene rings is 1. The van der Waals surface area contributed by atoms with Crippen molar-refractivity contribution >= 4 is 5.91 Å². The van der Waals surface area contributed by atoms with Gasteiger partial charge in [0.05, 0.1) is 7.11 Å². The van der Waals surface area contributed by atoms with Gasteiger partial charge >= 0.3 is 0 Å². The third-order valence-electron chi connectivity index (χ3n) is 1.85. The molecule has 1 rings (SSSR count). The smallest absolute Gasteiger partial charge is 0.249 e. The fourth-order valence-electron chi connectivity index (χ4n) is 1.13. The molecule has 0 bridgehead atoms. The number of carbonyl (C=O) groups excluding carboxylic acids is 1. The zero-order valence-electron chi connectivity index (χ0n) is 7.54. The van der Waals surface area contributed by atoms with Crippen LogP contribution >= 0.6 is 0 Å². The van der Waals surface area contributed by atoms with Crippen LogP contribution in [0.5, 0.6) is 5.75 Å². The number of primary amides is 1. The van der Waals surface area contributed by atoms with E-state index in [4.69, 9.17) is 10.5 Å². The highest BCUT2D eigenvalue weighted by Crippen LogP contribution is 2.17. The van der Waals surface area contributed by atoms with Crippen molar-refractivity contribution in [3.05, 3.63) is 36.2 Å². The van der Waals surface area contributed by atoms with Gasteiger partial charge in [-0.05, 0) is 31.0 Å². The quantitative estimate of drug-likeness (QED) is 0.755. The molecule has 1 aromatic rings. The van der Waals surface area contributed by atoms with E-state index in [2.05, 4.69) is 6.92 Å². The molecule has 0 spiro atoms. The van der Waals surface area contributed by atoms with Gasteiger partial charge in [0.1, 0.15) is 5.75 Å². The average Bonchev–Trinajstić information content (AvgIpc) is 2.16. The summed E-state index contributed by atoms with van der Waals surface area (Å²) in [7, 11) is 1.55. The Morgan fingerprint density at radius 3 is 2.77 bits per heavy atom. The zero-order chi connectivity index (χ0) is 9.84. The standard InChI is InChI=1S/C10H12NO2/c1-3-7-4-5-8(13-2)6-9(7)10(11)12/h4-6H,1,3H2,2H3,(H2,11,12). The summed E-state index contributed by atoms with van der Waals surface area (Å²) in [4.78, 5) is 11.0. The van der Waals surface area contributed by atoms with Crippen molar-refractivity contribution in [2.75, 3.05) is 7.11 Å². The number of methoxy groups -OCH3 is 1. The van der Waals surface area contributed by atoms with E-state index in [0.29, 0.717) is 17.7 Å². The lowest BCUT2D eigenvalue weighted by atomic mass is 10.0. The molecule has 1 aromatic carbocycles. The number of hydrogen-bond donors (Lipinski definition) is 1. The first-order valence-corrected chi connectivity index (χ1v) is 3.95. The van der Waals surface area contributed by atoms with Gasteiger partial charge in [0, 0.05) is 5.56 Å². The Balaban J connectivity index is 3.18. The molecule has 0 aliphatic heterocycles. The number of nitrogens with two attached hydrogens (primary N) is 1. The Hall–Kier alpha value is -1.51. The molecule has 0 saturated carbocycles. The summed E-state index contributed by atoms with van der Waals surface area (Å²) in [6.45, 7) is 3.71. The summed E-state index contributed by atoms with van der Waals surface area (Å²) in [6.07, 6.45) is 0.544. The van der Waals surface area contributed by atoms with E-state index < -0.39 is 5.91 Å². The summed E-state index contributed by atoms with van der Waals surface area (Å²) in [6, 6.07) is 5.21. The van der Waals surface area contributed by atoms with Gasteiger partial charge < -0.3 is 10.5 Å². The van der Waals surface area contributed by atoms with Gasteiger partial charge in [-0.25, -0.2) is 0 Å². The molecule has 0 fully saturated rings. The molecule has 13 heavy (non-hydrogen) atoms. The predicted octanol–water partition coefficient (Wildman–Crippen LogP) is 1.17. The molecule has 1 radical (unpaired) electrons. The first-order chi connectivity index (χ1) is 6.19. The molecule has 3 heteroatoms. The topological polar surface area (TPSA) is 52.3 Å². The Kier molecular flexibility index (Phi) is 2.90. The highest BCUT2D eigenvalue weighted by molar-refractivity contribution is 5.94. The highest BCUT2D eigenvalue weighted by atomic mass is 16.5. The Morgan fingerprint density at radius 1 is 1.62 bits per heavy atom. The second-order valence-electron chi connectivity index (χ2n) is 2.64. The second kappa shape index (κ2) is 3.94. The third kappa shape index (κ3) is 1.99. The van der Waals surface area contributed by atoms with Crippen LogP contribution in [0.3, 0.4) is 0 Å². The highest BCUT2D eigenvalue weighted by Gasteiger charge is 2.07. The molecule has 0 aliphatic carbocycles. The summed E-state index contributed by atoms with van der Waals surface area (Å²) < 4.78 is 4.98. The first kappa shape index (κ1) is 9.58. The van der Waals surface area contributed by atoms with Gasteiger partial charge in [-0.1, -0.05) is 6.07 Å². The number of amides is 1. The predicted molar refractivity (Wildman–Crippen MR) is 50.6 cm³/mol. The van der Waals surface area contributed by atoms with Crippen LogP contribution in [-0.2, 0) is 6.42 Å². The summed E-state index contributed by atoms with van der Waals surface area (Å²) in [5.74, 6) is 0.184. The molecule has 1 amide bonds. The monoisotopic (exact) mass is 178 g/mol. The van der Waals surface area contributed by atoms with Crippen molar-refractivity contribution < 1.29 is 9.53 Å². The minimum absolute atomic E-state index is 0.447. The molecule has 3 nitrogen and oxygen atoms in total. The maximum absolute atomic E-state index is 11.0. The van der Waals surface area contributed by atoms with Crippen LogP contribution in [0.2, 0.25) is 0 Å². The molecule has 0 heterocycles. The summed E-state index contributed by atoms with van der Waals surface area (Å²) in [5, 5.41) is 0. The fraction of sp³-hybridized carbons (Fsp3) is 0.200. The van der Waals surface area contributed by atoms with Crippen LogP contribution in [-0.4, -0.2) is 13.0 Å². The van der Waals surface area contributed by atoms with Crippen molar-refractivity contribution in [2.24, 2.45) is 5.73 Å². The minimum Gasteiger partial charge on any atom is -0.497 e. The normalized spacial score (nSPS) is 9.69. The van der Waals surface area contributed by atoms with Crippen LogP contribution in [0.25, 0.3) is 0 Å². The zero-order valence-corrected chi connectivity index (χ0v) is 7.54. The summed E-state index contributed by atoms with van der Waals surface area (Å²) >= 11 is 0. The lowest BCUT2D eigenvalue weighted by Crippen LogP contribution is -2.13. The van der Waals surface area contributed by atoms with Crippen LogP contribution in [0.15, 0.2) is 18.2 Å². The molecule has 0 aromatic heterocycles. The summed E-state index contributed by atoms with van der Waals surface area (Å²) in [5.41, 5.74) is 6.51. The van der Waals surface area contributed by atoms with Gasteiger partial charge in [0.25, 0.3) is 0 Å². The number of rotatable bonds is 3. The molecule has 0 atom stereocenters. The van der Waals surface area contributed by atoms with Crippen molar-refractivity contribution in [1.82, 2.24) is 0 Å². The fourth-order valence-corrected chi connectivity index (χ4v) is 1.13. The molecule has 0 unspecified atom stereocenters. The molecule has 69 valence electrons. The van der Waals surface area contributed by atoms with E-state index in [9.17, 15) is 4.79 Å². The Labute approximate surface area is 77.5 Å². The van der Waals surface area contributed by atoms with Crippen molar-refractivity contribution in [3.63, 3.8) is 0 Å². The van der Waals surface area contributed by atoms with Crippen molar-refractivity contribution in [1.29, 1.82) is 0 Å².